The van der Waals surface area contributed by atoms with Crippen molar-refractivity contribution in [1.82, 2.24) is 5.32 Å². The summed E-state index contributed by atoms with van der Waals surface area (Å²) in [7, 11) is 0. The van der Waals surface area contributed by atoms with Gasteiger partial charge in [0.15, 0.2) is 12.0 Å². The number of allylic oxidation sites excluding steroid dienone is 3. The van der Waals surface area contributed by atoms with Crippen LogP contribution in [0.15, 0.2) is 23.4 Å². The lowest BCUT2D eigenvalue weighted by Gasteiger charge is -2.28. The number of dihydropyridines is 1. The Hall–Kier alpha value is -1.62. The van der Waals surface area contributed by atoms with Gasteiger partial charge in [-0.15, -0.1) is 0 Å². The molecule has 0 saturated heterocycles. The second-order valence-corrected chi connectivity index (χ2v) is 5.16. The number of hydrogen-bond donors (Lipinski definition) is 2. The number of nitrogens with two attached hydrogens (primary N) is 1. The van der Waals surface area contributed by atoms with Gasteiger partial charge in [-0.1, -0.05) is 6.92 Å². The number of ether oxygens (including phenoxy) is 1. The molecule has 18 heavy (non-hydrogen) atoms. The Balaban J connectivity index is 2.13. The van der Waals surface area contributed by atoms with Crippen molar-refractivity contribution < 1.29 is 14.3 Å². The summed E-state index contributed by atoms with van der Waals surface area (Å²) in [6, 6.07) is 0. The topological polar surface area (TPSA) is 81.4 Å². The lowest BCUT2D eigenvalue weighted by atomic mass is 10.00. The third-order valence-corrected chi connectivity index (χ3v) is 3.39. The maximum Gasteiger partial charge on any atom is 0.249 e. The normalized spacial score (nSPS) is 24.7. The van der Waals surface area contributed by atoms with E-state index in [1.165, 1.54) is 6.92 Å². The summed E-state index contributed by atoms with van der Waals surface area (Å²) in [5, 5.41) is 3.16. The maximum absolute atomic E-state index is 11.3. The molecule has 5 nitrogen and oxygen atoms in total. The molecule has 0 aromatic rings. The van der Waals surface area contributed by atoms with E-state index in [4.69, 9.17) is 10.5 Å². The number of primary amides is 1. The highest BCUT2D eigenvalue weighted by atomic mass is 16.5. The Morgan fingerprint density at radius 2 is 2.17 bits per heavy atom. The van der Waals surface area contributed by atoms with Gasteiger partial charge in [0, 0.05) is 11.1 Å². The SMILES string of the molecule is CC(=O)CO[C@@H]1NC(C2(C)CC2)=CC=C1C(N)=O. The first-order valence-electron chi connectivity index (χ1n) is 6.02. The number of nitrogens with one attached hydrogen (secondary N) is 1. The van der Waals surface area contributed by atoms with Crippen molar-refractivity contribution in [1.29, 1.82) is 0 Å². The minimum atomic E-state index is -0.621. The lowest BCUT2D eigenvalue weighted by molar-refractivity contribution is -0.125. The Morgan fingerprint density at radius 1 is 1.50 bits per heavy atom. The van der Waals surface area contributed by atoms with Gasteiger partial charge < -0.3 is 15.8 Å². The molecule has 2 aliphatic rings. The molecule has 1 aliphatic carbocycles. The number of ketones is 1. The third-order valence-electron chi connectivity index (χ3n) is 3.39. The summed E-state index contributed by atoms with van der Waals surface area (Å²) in [5.41, 5.74) is 6.84. The number of rotatable bonds is 5. The van der Waals surface area contributed by atoms with E-state index in [1.807, 2.05) is 6.08 Å². The van der Waals surface area contributed by atoms with Gasteiger partial charge in [0.25, 0.3) is 0 Å². The van der Waals surface area contributed by atoms with Crippen LogP contribution >= 0.6 is 0 Å². The van der Waals surface area contributed by atoms with E-state index in [9.17, 15) is 9.59 Å². The molecule has 98 valence electrons. The van der Waals surface area contributed by atoms with Crippen LogP contribution in [0.4, 0.5) is 0 Å². The van der Waals surface area contributed by atoms with Gasteiger partial charge in [-0.05, 0) is 31.9 Å². The molecule has 0 bridgehead atoms. The maximum atomic E-state index is 11.3. The number of amides is 1. The number of hydrogen-bond acceptors (Lipinski definition) is 4. The molecule has 0 aromatic heterocycles. The molecule has 0 aromatic carbocycles. The van der Waals surface area contributed by atoms with Crippen LogP contribution in [0.5, 0.6) is 0 Å². The molecule has 5 heteroatoms. The smallest absolute Gasteiger partial charge is 0.249 e. The van der Waals surface area contributed by atoms with E-state index in [0.29, 0.717) is 5.57 Å². The molecule has 1 amide bonds. The largest absolute Gasteiger partial charge is 0.366 e. The zero-order chi connectivity index (χ0) is 13.3. The number of carbonyl (C=O) groups is 2. The molecule has 1 heterocycles. The van der Waals surface area contributed by atoms with E-state index in [-0.39, 0.29) is 17.8 Å². The van der Waals surface area contributed by atoms with Crippen LogP contribution in [-0.2, 0) is 14.3 Å². The van der Waals surface area contributed by atoms with Crippen molar-refractivity contribution >= 4 is 11.7 Å². The predicted octanol–water partition coefficient (Wildman–Crippen LogP) is 0.617. The quantitative estimate of drug-likeness (QED) is 0.749. The first-order chi connectivity index (χ1) is 8.42. The molecule has 0 unspecified atom stereocenters. The average molecular weight is 250 g/mol. The van der Waals surface area contributed by atoms with Gasteiger partial charge >= 0.3 is 0 Å². The molecule has 0 radical (unpaired) electrons. The summed E-state index contributed by atoms with van der Waals surface area (Å²) in [5.74, 6) is -0.623. The van der Waals surface area contributed by atoms with Gasteiger partial charge in [0.1, 0.15) is 6.61 Å². The highest BCUT2D eigenvalue weighted by molar-refractivity contribution is 5.93. The van der Waals surface area contributed by atoms with E-state index in [2.05, 4.69) is 12.2 Å². The zero-order valence-electron chi connectivity index (χ0n) is 10.7. The molecule has 1 atom stereocenters. The Morgan fingerprint density at radius 3 is 2.67 bits per heavy atom. The van der Waals surface area contributed by atoms with Gasteiger partial charge in [0.2, 0.25) is 5.91 Å². The first-order valence-corrected chi connectivity index (χ1v) is 6.02. The molecular weight excluding hydrogens is 232 g/mol. The van der Waals surface area contributed by atoms with Crippen LogP contribution in [0.3, 0.4) is 0 Å². The van der Waals surface area contributed by atoms with Crippen LogP contribution in [0, 0.1) is 5.41 Å². The van der Waals surface area contributed by atoms with Crippen molar-refractivity contribution in [2.24, 2.45) is 11.1 Å². The van der Waals surface area contributed by atoms with E-state index in [1.54, 1.807) is 6.08 Å². The lowest BCUT2D eigenvalue weighted by Crippen LogP contribution is -2.42. The second-order valence-electron chi connectivity index (χ2n) is 5.16. The van der Waals surface area contributed by atoms with Crippen LogP contribution in [0.25, 0.3) is 0 Å². The summed E-state index contributed by atoms with van der Waals surface area (Å²) >= 11 is 0. The standard InChI is InChI=1S/C13H18N2O3/c1-8(16)7-18-12-9(11(14)17)3-4-10(15-12)13(2)5-6-13/h3-4,12,15H,5-7H2,1-2H3,(H2,14,17)/t12-/m0/s1. The Labute approximate surface area is 106 Å². The Kier molecular flexibility index (Phi) is 3.26. The fourth-order valence-electron chi connectivity index (χ4n) is 1.90. The van der Waals surface area contributed by atoms with Crippen LogP contribution < -0.4 is 11.1 Å². The summed E-state index contributed by atoms with van der Waals surface area (Å²) in [4.78, 5) is 22.3. The van der Waals surface area contributed by atoms with Crippen LogP contribution in [0.2, 0.25) is 0 Å². The van der Waals surface area contributed by atoms with Gasteiger partial charge in [-0.25, -0.2) is 0 Å². The molecule has 1 saturated carbocycles. The van der Waals surface area contributed by atoms with Gasteiger partial charge in [0.05, 0.1) is 5.57 Å². The summed E-state index contributed by atoms with van der Waals surface area (Å²) in [6.45, 7) is 3.55. The number of Topliss-reactive ketones (excluding diaryl/α,β-unsaturated/α-hetero) is 1. The zero-order valence-corrected chi connectivity index (χ0v) is 10.7. The van der Waals surface area contributed by atoms with Crippen molar-refractivity contribution in [3.8, 4) is 0 Å². The Bertz CT molecular complexity index is 447. The van der Waals surface area contributed by atoms with E-state index >= 15 is 0 Å². The monoisotopic (exact) mass is 250 g/mol. The average Bonchev–Trinajstić information content (AvgIpc) is 3.05. The predicted molar refractivity (Wildman–Crippen MR) is 66.3 cm³/mol. The molecule has 2 rings (SSSR count). The molecule has 1 aliphatic heterocycles. The van der Waals surface area contributed by atoms with Crippen LogP contribution in [0.1, 0.15) is 26.7 Å². The third kappa shape index (κ3) is 2.61. The highest BCUT2D eigenvalue weighted by Crippen LogP contribution is 2.51. The molecule has 0 spiro atoms. The van der Waals surface area contributed by atoms with Crippen molar-refractivity contribution in [2.75, 3.05) is 6.61 Å². The fraction of sp³-hybridized carbons (Fsp3) is 0.538. The van der Waals surface area contributed by atoms with Crippen molar-refractivity contribution in [3.63, 3.8) is 0 Å². The summed E-state index contributed by atoms with van der Waals surface area (Å²) < 4.78 is 5.40. The van der Waals surface area contributed by atoms with Crippen LogP contribution in [-0.4, -0.2) is 24.5 Å². The second kappa shape index (κ2) is 4.57. The molecule has 1 fully saturated rings. The van der Waals surface area contributed by atoms with Crippen molar-refractivity contribution in [2.45, 2.75) is 32.9 Å². The van der Waals surface area contributed by atoms with Crippen molar-refractivity contribution in [3.05, 3.63) is 23.4 Å². The van der Waals surface area contributed by atoms with Gasteiger partial charge in [-0.2, -0.15) is 0 Å². The first kappa shape index (κ1) is 12.8. The molecular formula is C13H18N2O3. The summed E-state index contributed by atoms with van der Waals surface area (Å²) in [6.07, 6.45) is 5.17. The minimum Gasteiger partial charge on any atom is -0.366 e. The molecule has 3 N–H and O–H groups in total. The van der Waals surface area contributed by atoms with Gasteiger partial charge in [-0.3, -0.25) is 9.59 Å². The fourth-order valence-corrected chi connectivity index (χ4v) is 1.90. The van der Waals surface area contributed by atoms with E-state index < -0.39 is 12.1 Å². The minimum absolute atomic E-state index is 0.0354. The van der Waals surface area contributed by atoms with E-state index in [0.717, 1.165) is 18.5 Å². The highest BCUT2D eigenvalue weighted by Gasteiger charge is 2.43. The number of carbonyl (C=O) groups excluding carboxylic acids is 2.